The number of hydrogen-bond donors (Lipinski definition) is 0. The van der Waals surface area contributed by atoms with E-state index in [0.717, 1.165) is 22.1 Å². The Balaban J connectivity index is 2.49. The molecule has 0 saturated carbocycles. The van der Waals surface area contributed by atoms with Gasteiger partial charge in [-0.3, -0.25) is 9.69 Å². The highest BCUT2D eigenvalue weighted by Crippen LogP contribution is 2.21. The number of fused-ring (bicyclic) bond motifs is 1. The Bertz CT molecular complexity index is 362. The van der Waals surface area contributed by atoms with E-state index in [1.54, 1.807) is 0 Å². The molecule has 0 fully saturated rings. The molecule has 0 unspecified atom stereocenters. The molecule has 1 heterocycles. The molecule has 0 bridgehead atoms. The molecule has 0 atom stereocenters. The highest BCUT2D eigenvalue weighted by atomic mass is 79.9. The number of ketones is 1. The first-order valence-electron chi connectivity index (χ1n) is 4.17. The van der Waals surface area contributed by atoms with Crippen LogP contribution >= 0.6 is 15.9 Å². The summed E-state index contributed by atoms with van der Waals surface area (Å²) < 4.78 is 0.976. The quantitative estimate of drug-likeness (QED) is 0.691. The second-order valence-electron chi connectivity index (χ2n) is 3.40. The molecule has 1 aromatic carbocycles. The van der Waals surface area contributed by atoms with Gasteiger partial charge in [-0.05, 0) is 24.7 Å². The van der Waals surface area contributed by atoms with Crippen LogP contribution in [0.1, 0.15) is 15.9 Å². The molecule has 0 amide bonds. The average Bonchev–Trinajstić information content (AvgIpc) is 2.06. The zero-order chi connectivity index (χ0) is 9.42. The highest BCUT2D eigenvalue weighted by Gasteiger charge is 2.20. The second kappa shape index (κ2) is 3.24. The number of Topliss-reactive ketones (excluding diaryl/α,β-unsaturated/α-hetero) is 1. The summed E-state index contributed by atoms with van der Waals surface area (Å²) in [6.07, 6.45) is 0. The van der Waals surface area contributed by atoms with Gasteiger partial charge in [0.05, 0.1) is 6.54 Å². The van der Waals surface area contributed by atoms with Crippen LogP contribution in [-0.2, 0) is 6.54 Å². The first-order valence-corrected chi connectivity index (χ1v) is 4.96. The highest BCUT2D eigenvalue weighted by molar-refractivity contribution is 9.10. The Morgan fingerprint density at radius 3 is 2.92 bits per heavy atom. The van der Waals surface area contributed by atoms with Crippen LogP contribution in [0.25, 0.3) is 0 Å². The number of likely N-dealkylation sites (N-methyl/N-ethyl adjacent to an activating group) is 1. The summed E-state index contributed by atoms with van der Waals surface area (Å²) in [5, 5.41) is 0. The first kappa shape index (κ1) is 8.91. The van der Waals surface area contributed by atoms with Crippen molar-refractivity contribution in [2.45, 2.75) is 6.54 Å². The minimum absolute atomic E-state index is 0.213. The topological polar surface area (TPSA) is 20.3 Å². The molecule has 0 aliphatic carbocycles. The van der Waals surface area contributed by atoms with Crippen LogP contribution in [0, 0.1) is 0 Å². The van der Waals surface area contributed by atoms with Crippen LogP contribution < -0.4 is 0 Å². The summed E-state index contributed by atoms with van der Waals surface area (Å²) >= 11 is 3.37. The maximum atomic E-state index is 11.6. The molecular weight excluding hydrogens is 230 g/mol. The number of halogens is 1. The molecule has 68 valence electrons. The summed E-state index contributed by atoms with van der Waals surface area (Å²) in [7, 11) is 1.96. The van der Waals surface area contributed by atoms with Crippen molar-refractivity contribution in [1.29, 1.82) is 0 Å². The Kier molecular flexibility index (Phi) is 2.22. The molecule has 0 aromatic heterocycles. The number of carbonyl (C=O) groups excluding carboxylic acids is 1. The van der Waals surface area contributed by atoms with Crippen molar-refractivity contribution in [3.63, 3.8) is 0 Å². The molecule has 0 radical (unpaired) electrons. The van der Waals surface area contributed by atoms with Crippen LogP contribution in [0.3, 0.4) is 0 Å². The van der Waals surface area contributed by atoms with Crippen LogP contribution in [0.4, 0.5) is 0 Å². The minimum atomic E-state index is 0.213. The van der Waals surface area contributed by atoms with Gasteiger partial charge in [-0.2, -0.15) is 0 Å². The van der Waals surface area contributed by atoms with Gasteiger partial charge in [-0.15, -0.1) is 0 Å². The van der Waals surface area contributed by atoms with E-state index in [9.17, 15) is 4.79 Å². The molecule has 1 aliphatic heterocycles. The van der Waals surface area contributed by atoms with Gasteiger partial charge >= 0.3 is 0 Å². The maximum Gasteiger partial charge on any atom is 0.177 e. The van der Waals surface area contributed by atoms with Crippen molar-refractivity contribution in [1.82, 2.24) is 4.90 Å². The average molecular weight is 240 g/mol. The van der Waals surface area contributed by atoms with Gasteiger partial charge in [0.25, 0.3) is 0 Å². The number of carbonyl (C=O) groups is 1. The maximum absolute atomic E-state index is 11.6. The van der Waals surface area contributed by atoms with E-state index >= 15 is 0 Å². The number of nitrogens with zero attached hydrogens (tertiary/aromatic N) is 1. The SMILES string of the molecule is CN1CC(=O)c2cc(Br)ccc2C1. The van der Waals surface area contributed by atoms with Crippen molar-refractivity contribution >= 4 is 21.7 Å². The van der Waals surface area contributed by atoms with Gasteiger partial charge in [0.2, 0.25) is 0 Å². The van der Waals surface area contributed by atoms with Crippen LogP contribution in [-0.4, -0.2) is 24.3 Å². The fourth-order valence-electron chi connectivity index (χ4n) is 1.62. The molecule has 2 rings (SSSR count). The lowest BCUT2D eigenvalue weighted by atomic mass is 9.99. The van der Waals surface area contributed by atoms with E-state index in [1.807, 2.05) is 30.1 Å². The fraction of sp³-hybridized carbons (Fsp3) is 0.300. The molecule has 0 spiro atoms. The molecule has 13 heavy (non-hydrogen) atoms. The Morgan fingerprint density at radius 2 is 2.15 bits per heavy atom. The van der Waals surface area contributed by atoms with Gasteiger partial charge in [0, 0.05) is 16.6 Å². The van der Waals surface area contributed by atoms with Crippen molar-refractivity contribution in [2.24, 2.45) is 0 Å². The third-order valence-electron chi connectivity index (χ3n) is 2.23. The third-order valence-corrected chi connectivity index (χ3v) is 2.72. The van der Waals surface area contributed by atoms with Gasteiger partial charge in [0.1, 0.15) is 0 Å². The molecule has 1 aliphatic rings. The molecule has 2 nitrogen and oxygen atoms in total. The normalized spacial score (nSPS) is 17.2. The van der Waals surface area contributed by atoms with Crippen molar-refractivity contribution in [2.75, 3.05) is 13.6 Å². The third kappa shape index (κ3) is 1.67. The van der Waals surface area contributed by atoms with E-state index in [1.165, 1.54) is 0 Å². The molecule has 3 heteroatoms. The smallest absolute Gasteiger partial charge is 0.177 e. The van der Waals surface area contributed by atoms with E-state index < -0.39 is 0 Å². The lowest BCUT2D eigenvalue weighted by Gasteiger charge is -2.23. The van der Waals surface area contributed by atoms with Crippen molar-refractivity contribution in [3.05, 3.63) is 33.8 Å². The zero-order valence-corrected chi connectivity index (χ0v) is 8.97. The van der Waals surface area contributed by atoms with Gasteiger partial charge in [-0.1, -0.05) is 22.0 Å². The minimum Gasteiger partial charge on any atom is -0.295 e. The number of benzene rings is 1. The lowest BCUT2D eigenvalue weighted by Crippen LogP contribution is -2.31. The first-order chi connectivity index (χ1) is 6.16. The van der Waals surface area contributed by atoms with Crippen LogP contribution in [0.5, 0.6) is 0 Å². The second-order valence-corrected chi connectivity index (χ2v) is 4.31. The summed E-state index contributed by atoms with van der Waals surface area (Å²) in [4.78, 5) is 13.6. The predicted molar refractivity (Wildman–Crippen MR) is 54.8 cm³/mol. The lowest BCUT2D eigenvalue weighted by molar-refractivity contribution is 0.0923. The molecule has 1 aromatic rings. The summed E-state index contributed by atoms with van der Waals surface area (Å²) in [6.45, 7) is 1.40. The Labute approximate surface area is 85.7 Å². The van der Waals surface area contributed by atoms with E-state index in [-0.39, 0.29) is 5.78 Å². The standard InChI is InChI=1S/C10H10BrNO/c1-12-5-7-2-3-8(11)4-9(7)10(13)6-12/h2-4H,5-6H2,1H3. The Hall–Kier alpha value is -0.670. The Morgan fingerprint density at radius 1 is 1.38 bits per heavy atom. The monoisotopic (exact) mass is 239 g/mol. The summed E-state index contributed by atoms with van der Waals surface area (Å²) in [5.41, 5.74) is 1.99. The molecule has 0 saturated heterocycles. The zero-order valence-electron chi connectivity index (χ0n) is 7.38. The van der Waals surface area contributed by atoms with Crippen molar-refractivity contribution in [3.8, 4) is 0 Å². The summed E-state index contributed by atoms with van der Waals surface area (Å²) in [5.74, 6) is 0.213. The van der Waals surface area contributed by atoms with Gasteiger partial charge < -0.3 is 0 Å². The largest absolute Gasteiger partial charge is 0.295 e. The van der Waals surface area contributed by atoms with E-state index in [0.29, 0.717) is 6.54 Å². The van der Waals surface area contributed by atoms with E-state index in [2.05, 4.69) is 15.9 Å². The van der Waals surface area contributed by atoms with E-state index in [4.69, 9.17) is 0 Å². The number of rotatable bonds is 0. The predicted octanol–water partition coefficient (Wildman–Crippen LogP) is 2.08. The molecular formula is C10H10BrNO. The molecule has 0 N–H and O–H groups in total. The summed E-state index contributed by atoms with van der Waals surface area (Å²) in [6, 6.07) is 5.89. The van der Waals surface area contributed by atoms with Crippen LogP contribution in [0.2, 0.25) is 0 Å². The van der Waals surface area contributed by atoms with Crippen molar-refractivity contribution < 1.29 is 4.79 Å². The van der Waals surface area contributed by atoms with Crippen LogP contribution in [0.15, 0.2) is 22.7 Å². The van der Waals surface area contributed by atoms with Gasteiger partial charge in [-0.25, -0.2) is 0 Å². The fourth-order valence-corrected chi connectivity index (χ4v) is 1.98. The van der Waals surface area contributed by atoms with Gasteiger partial charge in [0.15, 0.2) is 5.78 Å². The number of hydrogen-bond acceptors (Lipinski definition) is 2.